The molecule has 17 heavy (non-hydrogen) atoms. The molecular weight excluding hydrogens is 305 g/mol. The van der Waals surface area contributed by atoms with E-state index in [0.29, 0.717) is 16.8 Å². The van der Waals surface area contributed by atoms with Crippen LogP contribution in [0.15, 0.2) is 28.2 Å². The van der Waals surface area contributed by atoms with Crippen LogP contribution in [0.2, 0.25) is 0 Å². The number of benzene rings is 1. The van der Waals surface area contributed by atoms with Crippen molar-refractivity contribution in [2.45, 2.75) is 13.3 Å². The van der Waals surface area contributed by atoms with E-state index in [1.807, 2.05) is 12.4 Å². The summed E-state index contributed by atoms with van der Waals surface area (Å²) in [7, 11) is 0. The van der Waals surface area contributed by atoms with Gasteiger partial charge in [0, 0.05) is 11.3 Å². The topological polar surface area (TPSA) is 22.1 Å². The van der Waals surface area contributed by atoms with Crippen molar-refractivity contribution in [3.8, 4) is 5.75 Å². The Kier molecular flexibility index (Phi) is 4.12. The molecule has 0 atom stereocenters. The monoisotopic (exact) mass is 315 g/mol. The molecule has 0 aliphatic heterocycles. The van der Waals surface area contributed by atoms with Crippen molar-refractivity contribution in [2.24, 2.45) is 0 Å². The number of rotatable bonds is 4. The van der Waals surface area contributed by atoms with Crippen LogP contribution in [0, 0.1) is 12.7 Å². The minimum Gasteiger partial charge on any atom is -0.492 e. The summed E-state index contributed by atoms with van der Waals surface area (Å²) < 4.78 is 19.1. The van der Waals surface area contributed by atoms with Crippen LogP contribution in [0.1, 0.15) is 10.6 Å². The smallest absolute Gasteiger partial charge is 0.133 e. The second-order valence-corrected chi connectivity index (χ2v) is 5.33. The molecule has 90 valence electrons. The van der Waals surface area contributed by atoms with Crippen LogP contribution in [0.4, 0.5) is 4.39 Å². The summed E-state index contributed by atoms with van der Waals surface area (Å²) in [5.41, 5.74) is 2.88. The first-order valence-electron chi connectivity index (χ1n) is 5.13. The highest BCUT2D eigenvalue weighted by molar-refractivity contribution is 9.10. The van der Waals surface area contributed by atoms with Gasteiger partial charge < -0.3 is 4.74 Å². The first-order chi connectivity index (χ1) is 8.16. The van der Waals surface area contributed by atoms with Crippen molar-refractivity contribution < 1.29 is 9.13 Å². The summed E-state index contributed by atoms with van der Waals surface area (Å²) in [6.45, 7) is 2.55. The average molecular weight is 316 g/mol. The lowest BCUT2D eigenvalue weighted by atomic mass is 10.3. The number of halogens is 2. The molecule has 0 saturated heterocycles. The largest absolute Gasteiger partial charge is 0.492 e. The highest BCUT2D eigenvalue weighted by Crippen LogP contribution is 2.25. The molecule has 1 aromatic carbocycles. The maximum Gasteiger partial charge on any atom is 0.133 e. The zero-order valence-corrected chi connectivity index (χ0v) is 11.6. The van der Waals surface area contributed by atoms with E-state index in [-0.39, 0.29) is 5.82 Å². The van der Waals surface area contributed by atoms with Crippen LogP contribution in [-0.4, -0.2) is 11.6 Å². The second-order valence-electron chi connectivity index (χ2n) is 3.53. The van der Waals surface area contributed by atoms with Gasteiger partial charge in [0.2, 0.25) is 0 Å². The second kappa shape index (κ2) is 5.60. The summed E-state index contributed by atoms with van der Waals surface area (Å²) in [6.07, 6.45) is 0.820. The number of hydrogen-bond donors (Lipinski definition) is 0. The molecule has 0 bridgehead atoms. The van der Waals surface area contributed by atoms with Gasteiger partial charge in [-0.05, 0) is 41.1 Å². The van der Waals surface area contributed by atoms with Gasteiger partial charge in [-0.3, -0.25) is 0 Å². The Morgan fingerprint density at radius 3 is 2.94 bits per heavy atom. The minimum absolute atomic E-state index is 0.275. The van der Waals surface area contributed by atoms with Crippen LogP contribution < -0.4 is 4.74 Å². The van der Waals surface area contributed by atoms with E-state index in [9.17, 15) is 4.39 Å². The van der Waals surface area contributed by atoms with Crippen LogP contribution in [0.5, 0.6) is 5.75 Å². The molecule has 0 fully saturated rings. The minimum atomic E-state index is -0.275. The third kappa shape index (κ3) is 3.26. The maximum atomic E-state index is 12.9. The first kappa shape index (κ1) is 12.5. The van der Waals surface area contributed by atoms with E-state index in [1.165, 1.54) is 17.0 Å². The van der Waals surface area contributed by atoms with Crippen molar-refractivity contribution >= 4 is 27.3 Å². The van der Waals surface area contributed by atoms with Crippen molar-refractivity contribution in [2.75, 3.05) is 6.61 Å². The summed E-state index contributed by atoms with van der Waals surface area (Å²) in [5, 5.41) is 0. The van der Waals surface area contributed by atoms with E-state index in [2.05, 4.69) is 20.9 Å². The molecule has 2 nitrogen and oxygen atoms in total. The van der Waals surface area contributed by atoms with Gasteiger partial charge >= 0.3 is 0 Å². The molecule has 0 aliphatic carbocycles. The van der Waals surface area contributed by atoms with Crippen molar-refractivity contribution in [1.82, 2.24) is 4.98 Å². The molecule has 0 unspecified atom stereocenters. The summed E-state index contributed by atoms with van der Waals surface area (Å²) >= 11 is 4.89. The summed E-state index contributed by atoms with van der Waals surface area (Å²) in [6, 6.07) is 4.41. The zero-order valence-electron chi connectivity index (χ0n) is 9.24. The fraction of sp³-hybridized carbons (Fsp3) is 0.250. The normalized spacial score (nSPS) is 10.5. The number of aryl methyl sites for hydroxylation is 1. The highest BCUT2D eigenvalue weighted by atomic mass is 79.9. The molecular formula is C12H11BrFNOS. The Labute approximate surface area is 112 Å². The van der Waals surface area contributed by atoms with Gasteiger partial charge in [-0.15, -0.1) is 11.3 Å². The van der Waals surface area contributed by atoms with Gasteiger partial charge in [0.05, 0.1) is 22.3 Å². The lowest BCUT2D eigenvalue weighted by Gasteiger charge is -2.07. The zero-order chi connectivity index (χ0) is 12.3. The molecule has 0 saturated carbocycles. The fourth-order valence-corrected chi connectivity index (χ4v) is 2.64. The molecule has 0 aliphatic rings. The van der Waals surface area contributed by atoms with Crippen LogP contribution >= 0.6 is 27.3 Å². The van der Waals surface area contributed by atoms with Crippen molar-refractivity contribution in [3.63, 3.8) is 0 Å². The Bertz CT molecular complexity index is 515. The van der Waals surface area contributed by atoms with E-state index < -0.39 is 0 Å². The lowest BCUT2D eigenvalue weighted by molar-refractivity contribution is 0.320. The number of thiazole rings is 1. The van der Waals surface area contributed by atoms with E-state index in [1.54, 1.807) is 17.4 Å². The number of hydrogen-bond acceptors (Lipinski definition) is 3. The molecule has 0 spiro atoms. The fourth-order valence-electron chi connectivity index (χ4n) is 1.41. The molecule has 2 aromatic rings. The molecule has 5 heteroatoms. The maximum absolute atomic E-state index is 12.9. The van der Waals surface area contributed by atoms with Gasteiger partial charge in [0.1, 0.15) is 11.6 Å². The molecule has 2 rings (SSSR count). The average Bonchev–Trinajstić information content (AvgIpc) is 2.68. The Hall–Kier alpha value is -0.940. The van der Waals surface area contributed by atoms with Gasteiger partial charge in [-0.25, -0.2) is 9.37 Å². The van der Waals surface area contributed by atoms with Crippen LogP contribution in [-0.2, 0) is 6.42 Å². The SMILES string of the molecule is Cc1ncsc1CCOc1ccc(F)cc1Br. The lowest BCUT2D eigenvalue weighted by Crippen LogP contribution is -2.01. The predicted molar refractivity (Wildman–Crippen MR) is 70.2 cm³/mol. The Morgan fingerprint density at radius 2 is 2.29 bits per heavy atom. The van der Waals surface area contributed by atoms with E-state index >= 15 is 0 Å². The van der Waals surface area contributed by atoms with Crippen LogP contribution in [0.25, 0.3) is 0 Å². The standard InChI is InChI=1S/C12H11BrFNOS/c1-8-12(17-7-15-8)4-5-16-11-3-2-9(14)6-10(11)13/h2-3,6-7H,4-5H2,1H3. The van der Waals surface area contributed by atoms with Gasteiger partial charge in [0.15, 0.2) is 0 Å². The summed E-state index contributed by atoms with van der Waals surface area (Å²) in [4.78, 5) is 5.40. The molecule has 0 N–H and O–H groups in total. The Balaban J connectivity index is 1.92. The highest BCUT2D eigenvalue weighted by Gasteiger charge is 2.04. The third-order valence-corrected chi connectivity index (χ3v) is 3.94. The third-order valence-electron chi connectivity index (χ3n) is 2.33. The quantitative estimate of drug-likeness (QED) is 0.851. The molecule has 1 aromatic heterocycles. The predicted octanol–water partition coefficient (Wildman–Crippen LogP) is 3.97. The van der Waals surface area contributed by atoms with E-state index in [4.69, 9.17) is 4.74 Å². The van der Waals surface area contributed by atoms with Crippen molar-refractivity contribution in [1.29, 1.82) is 0 Å². The first-order valence-corrected chi connectivity index (χ1v) is 6.81. The van der Waals surface area contributed by atoms with Crippen LogP contribution in [0.3, 0.4) is 0 Å². The molecule has 0 amide bonds. The van der Waals surface area contributed by atoms with Gasteiger partial charge in [0.25, 0.3) is 0 Å². The number of nitrogens with zero attached hydrogens (tertiary/aromatic N) is 1. The Morgan fingerprint density at radius 1 is 1.47 bits per heavy atom. The number of aromatic nitrogens is 1. The summed E-state index contributed by atoms with van der Waals surface area (Å²) in [5.74, 6) is 0.385. The van der Waals surface area contributed by atoms with Gasteiger partial charge in [-0.2, -0.15) is 0 Å². The molecule has 0 radical (unpaired) electrons. The van der Waals surface area contributed by atoms with Crippen molar-refractivity contribution in [3.05, 3.63) is 44.6 Å². The van der Waals surface area contributed by atoms with E-state index in [0.717, 1.165) is 12.1 Å². The number of ether oxygens (including phenoxy) is 1. The van der Waals surface area contributed by atoms with Gasteiger partial charge in [-0.1, -0.05) is 0 Å². The molecule has 1 heterocycles.